The molecule has 0 bridgehead atoms. The Morgan fingerprint density at radius 2 is 1.68 bits per heavy atom. The molecule has 25 heavy (non-hydrogen) atoms. The van der Waals surface area contributed by atoms with Crippen molar-refractivity contribution < 1.29 is 26.2 Å². The molecule has 0 aliphatic heterocycles. The summed E-state index contributed by atoms with van der Waals surface area (Å²) in [4.78, 5) is 0. The van der Waals surface area contributed by atoms with Crippen LogP contribution in [-0.2, 0) is 32.6 Å². The number of benzene rings is 2. The molecule has 0 unspecified atom stereocenters. The fraction of sp³-hybridized carbons (Fsp3) is 0.375. The maximum absolute atomic E-state index is 2.37. The molecule has 0 fully saturated rings. The summed E-state index contributed by atoms with van der Waals surface area (Å²) in [5, 5.41) is 2.75. The SMILES string of the molecule is CCCCCCc1ccc(-c2cccc3[cH-]c(C(C)C)cc23)cc1.[Zr]. The van der Waals surface area contributed by atoms with Crippen LogP contribution in [0, 0.1) is 0 Å². The molecule has 3 rings (SSSR count). The molecule has 0 nitrogen and oxygen atoms in total. The van der Waals surface area contributed by atoms with Gasteiger partial charge in [0.25, 0.3) is 0 Å². The normalized spacial score (nSPS) is 11.0. The monoisotopic (exact) mass is 407 g/mol. The summed E-state index contributed by atoms with van der Waals surface area (Å²) in [6.45, 7) is 6.80. The van der Waals surface area contributed by atoms with Crippen LogP contribution in [0.25, 0.3) is 21.9 Å². The Morgan fingerprint density at radius 3 is 2.36 bits per heavy atom. The van der Waals surface area contributed by atoms with E-state index in [4.69, 9.17) is 0 Å². The van der Waals surface area contributed by atoms with Gasteiger partial charge >= 0.3 is 0 Å². The largest absolute Gasteiger partial charge is 0.164 e. The van der Waals surface area contributed by atoms with Crippen molar-refractivity contribution in [1.82, 2.24) is 0 Å². The summed E-state index contributed by atoms with van der Waals surface area (Å²) in [6.07, 6.45) is 6.53. The van der Waals surface area contributed by atoms with Gasteiger partial charge in [-0.2, -0.15) is 6.07 Å². The van der Waals surface area contributed by atoms with Crippen LogP contribution in [-0.4, -0.2) is 0 Å². The molecule has 0 aliphatic rings. The van der Waals surface area contributed by atoms with Crippen LogP contribution in [0.5, 0.6) is 0 Å². The third kappa shape index (κ3) is 4.98. The summed E-state index contributed by atoms with van der Waals surface area (Å²) in [7, 11) is 0. The Morgan fingerprint density at radius 1 is 0.920 bits per heavy atom. The van der Waals surface area contributed by atoms with E-state index in [1.165, 1.54) is 65.1 Å². The van der Waals surface area contributed by atoms with Gasteiger partial charge in [-0.3, -0.25) is 0 Å². The molecule has 0 atom stereocenters. The first kappa shape index (κ1) is 20.2. The zero-order valence-corrected chi connectivity index (χ0v) is 18.3. The molecular weight excluding hydrogens is 379 g/mol. The predicted octanol–water partition coefficient (Wildman–Crippen LogP) is 7.47. The standard InChI is InChI=1S/C24H29.Zr/c1-4-5-6-7-9-19-12-14-20(15-13-19)23-11-8-10-21-16-22(18(2)3)17-24(21)23;/h8,10-18H,4-7,9H2,1-3H3;/q-1;. The second-order valence-corrected chi connectivity index (χ2v) is 7.26. The van der Waals surface area contributed by atoms with Gasteiger partial charge in [-0.25, -0.2) is 0 Å². The first-order chi connectivity index (χ1) is 11.7. The molecule has 0 spiro atoms. The molecule has 3 aromatic rings. The second-order valence-electron chi connectivity index (χ2n) is 7.26. The molecule has 0 radical (unpaired) electrons. The van der Waals surface area contributed by atoms with Crippen molar-refractivity contribution in [2.75, 3.05) is 0 Å². The molecule has 0 aliphatic carbocycles. The average molecular weight is 409 g/mol. The molecule has 0 heterocycles. The zero-order chi connectivity index (χ0) is 16.9. The van der Waals surface area contributed by atoms with Gasteiger partial charge in [-0.15, -0.1) is 34.5 Å². The molecule has 130 valence electrons. The third-order valence-corrected chi connectivity index (χ3v) is 5.02. The van der Waals surface area contributed by atoms with E-state index in [2.05, 4.69) is 75.4 Å². The number of hydrogen-bond donors (Lipinski definition) is 0. The Bertz CT molecular complexity index is 777. The molecule has 0 saturated heterocycles. The number of aryl methyl sites for hydroxylation is 1. The van der Waals surface area contributed by atoms with Crippen LogP contribution in [0.2, 0.25) is 0 Å². The topological polar surface area (TPSA) is 0 Å². The zero-order valence-electron chi connectivity index (χ0n) is 15.8. The van der Waals surface area contributed by atoms with E-state index in [0.29, 0.717) is 5.92 Å². The van der Waals surface area contributed by atoms with Crippen molar-refractivity contribution in [1.29, 1.82) is 0 Å². The molecule has 1 heteroatoms. The number of fused-ring (bicyclic) bond motifs is 1. The molecule has 0 N–H and O–H groups in total. The first-order valence-corrected chi connectivity index (χ1v) is 9.47. The summed E-state index contributed by atoms with van der Waals surface area (Å²) < 4.78 is 0. The molecule has 0 amide bonds. The Hall–Kier alpha value is -1.07. The maximum Gasteiger partial charge on any atom is 0 e. The molecule has 0 aromatic heterocycles. The summed E-state index contributed by atoms with van der Waals surface area (Å²) in [6, 6.07) is 20.6. The minimum absolute atomic E-state index is 0. The van der Waals surface area contributed by atoms with Crippen LogP contribution >= 0.6 is 0 Å². The van der Waals surface area contributed by atoms with Gasteiger partial charge in [0.2, 0.25) is 0 Å². The van der Waals surface area contributed by atoms with Gasteiger partial charge in [0.05, 0.1) is 0 Å². The van der Waals surface area contributed by atoms with Gasteiger partial charge < -0.3 is 0 Å². The van der Waals surface area contributed by atoms with Crippen LogP contribution in [0.3, 0.4) is 0 Å². The summed E-state index contributed by atoms with van der Waals surface area (Å²) in [5.74, 6) is 0.579. The van der Waals surface area contributed by atoms with E-state index in [1.54, 1.807) is 0 Å². The van der Waals surface area contributed by atoms with E-state index in [1.807, 2.05) is 0 Å². The van der Waals surface area contributed by atoms with E-state index >= 15 is 0 Å². The first-order valence-electron chi connectivity index (χ1n) is 9.47. The summed E-state index contributed by atoms with van der Waals surface area (Å²) >= 11 is 0. The maximum atomic E-state index is 2.37. The van der Waals surface area contributed by atoms with E-state index in [9.17, 15) is 0 Å². The van der Waals surface area contributed by atoms with Gasteiger partial charge in [0.15, 0.2) is 0 Å². The van der Waals surface area contributed by atoms with Crippen molar-refractivity contribution >= 4 is 10.8 Å². The smallest absolute Gasteiger partial charge is 0 e. The molecular formula is C24H29Zr-. The number of rotatable bonds is 7. The predicted molar refractivity (Wildman–Crippen MR) is 107 cm³/mol. The number of unbranched alkanes of at least 4 members (excludes halogenated alkanes) is 3. The number of hydrogen-bond acceptors (Lipinski definition) is 0. The van der Waals surface area contributed by atoms with Crippen LogP contribution < -0.4 is 0 Å². The minimum atomic E-state index is 0. The van der Waals surface area contributed by atoms with Gasteiger partial charge in [0, 0.05) is 26.2 Å². The van der Waals surface area contributed by atoms with Gasteiger partial charge in [-0.05, 0) is 29.9 Å². The fourth-order valence-electron chi connectivity index (χ4n) is 3.45. The Kier molecular flexibility index (Phi) is 7.76. The van der Waals surface area contributed by atoms with E-state index < -0.39 is 0 Å². The van der Waals surface area contributed by atoms with Crippen LogP contribution in [0.15, 0.2) is 54.6 Å². The average Bonchev–Trinajstić information content (AvgIpc) is 3.04. The Balaban J connectivity index is 0.00000225. The van der Waals surface area contributed by atoms with Crippen molar-refractivity contribution in [3.8, 4) is 11.1 Å². The third-order valence-electron chi connectivity index (χ3n) is 5.02. The van der Waals surface area contributed by atoms with Crippen molar-refractivity contribution in [2.45, 2.75) is 58.8 Å². The van der Waals surface area contributed by atoms with Crippen molar-refractivity contribution in [2.24, 2.45) is 0 Å². The second kappa shape index (κ2) is 9.58. The van der Waals surface area contributed by atoms with Gasteiger partial charge in [-0.1, -0.05) is 75.9 Å². The summed E-state index contributed by atoms with van der Waals surface area (Å²) in [5.41, 5.74) is 5.59. The van der Waals surface area contributed by atoms with Crippen molar-refractivity contribution in [3.05, 3.63) is 65.7 Å². The van der Waals surface area contributed by atoms with Crippen LogP contribution in [0.4, 0.5) is 0 Å². The minimum Gasteiger partial charge on any atom is -0.164 e. The van der Waals surface area contributed by atoms with Crippen LogP contribution in [0.1, 0.15) is 63.5 Å². The van der Waals surface area contributed by atoms with E-state index in [0.717, 1.165) is 0 Å². The molecule has 3 aromatic carbocycles. The Labute approximate surface area is 172 Å². The quantitative estimate of drug-likeness (QED) is 0.281. The van der Waals surface area contributed by atoms with Gasteiger partial charge in [0.1, 0.15) is 0 Å². The van der Waals surface area contributed by atoms with E-state index in [-0.39, 0.29) is 26.2 Å². The van der Waals surface area contributed by atoms with Crippen molar-refractivity contribution in [3.63, 3.8) is 0 Å². The fourth-order valence-corrected chi connectivity index (χ4v) is 3.45. The molecule has 0 saturated carbocycles.